The van der Waals surface area contributed by atoms with Crippen molar-refractivity contribution in [2.24, 2.45) is 17.8 Å². The highest BCUT2D eigenvalue weighted by atomic mass is 16.7. The summed E-state index contributed by atoms with van der Waals surface area (Å²) in [5.41, 5.74) is 0. The van der Waals surface area contributed by atoms with Gasteiger partial charge in [-0.2, -0.15) is 0 Å². The highest BCUT2D eigenvalue weighted by Crippen LogP contribution is 2.57. The summed E-state index contributed by atoms with van der Waals surface area (Å²) in [4.78, 5) is 0. The Morgan fingerprint density at radius 1 is 1.23 bits per heavy atom. The number of rotatable bonds is 1. The summed E-state index contributed by atoms with van der Waals surface area (Å²) in [6, 6.07) is 0. The average molecular weight is 184 g/mol. The van der Waals surface area contributed by atoms with E-state index < -0.39 is 0 Å². The second-order valence-electron chi connectivity index (χ2n) is 4.50. The molecule has 13 heavy (non-hydrogen) atoms. The van der Waals surface area contributed by atoms with Crippen LogP contribution in [0.15, 0.2) is 0 Å². The van der Waals surface area contributed by atoms with Crippen molar-refractivity contribution < 1.29 is 14.6 Å². The Morgan fingerprint density at radius 3 is 2.62 bits per heavy atom. The van der Waals surface area contributed by atoms with Crippen LogP contribution in [0, 0.1) is 17.8 Å². The zero-order valence-corrected chi connectivity index (χ0v) is 7.74. The van der Waals surface area contributed by atoms with Gasteiger partial charge in [0.2, 0.25) is 0 Å². The van der Waals surface area contributed by atoms with E-state index in [0.717, 1.165) is 19.6 Å². The number of fused-ring (bicyclic) bond motifs is 3. The molecule has 3 heteroatoms. The third-order valence-corrected chi connectivity index (χ3v) is 4.07. The lowest BCUT2D eigenvalue weighted by Crippen LogP contribution is -2.37. The number of aliphatic hydroxyl groups excluding tert-OH is 1. The maximum atomic E-state index is 9.28. The highest BCUT2D eigenvalue weighted by Gasteiger charge is 2.60. The van der Waals surface area contributed by atoms with Gasteiger partial charge >= 0.3 is 0 Å². The average Bonchev–Trinajstić information content (AvgIpc) is 2.79. The monoisotopic (exact) mass is 184 g/mol. The first-order valence-corrected chi connectivity index (χ1v) is 5.24. The van der Waals surface area contributed by atoms with E-state index in [1.54, 1.807) is 0 Å². The lowest BCUT2D eigenvalue weighted by Gasteiger charge is -2.31. The van der Waals surface area contributed by atoms with Gasteiger partial charge in [0, 0.05) is 18.9 Å². The number of ether oxygens (including phenoxy) is 2. The molecule has 0 radical (unpaired) electrons. The SMILES string of the molecule is OCC1C2CCC1C1(C2)OCCO1. The molecule has 3 fully saturated rings. The third kappa shape index (κ3) is 0.953. The quantitative estimate of drug-likeness (QED) is 0.654. The van der Waals surface area contributed by atoms with Crippen LogP contribution in [0.5, 0.6) is 0 Å². The van der Waals surface area contributed by atoms with Crippen molar-refractivity contribution in [3.05, 3.63) is 0 Å². The Bertz CT molecular complexity index is 210. The molecule has 1 aliphatic heterocycles. The van der Waals surface area contributed by atoms with Gasteiger partial charge in [-0.1, -0.05) is 0 Å². The molecule has 3 unspecified atom stereocenters. The van der Waals surface area contributed by atoms with Crippen LogP contribution >= 0.6 is 0 Å². The van der Waals surface area contributed by atoms with Crippen LogP contribution in [0.4, 0.5) is 0 Å². The molecule has 0 aromatic heterocycles. The molecular formula is C10H16O3. The molecule has 1 saturated heterocycles. The van der Waals surface area contributed by atoms with Gasteiger partial charge in [0.15, 0.2) is 5.79 Å². The van der Waals surface area contributed by atoms with E-state index >= 15 is 0 Å². The standard InChI is InChI=1S/C10H16O3/c11-6-8-7-1-2-9(8)10(5-7)12-3-4-13-10/h7-9,11H,1-6H2. The number of hydrogen-bond acceptors (Lipinski definition) is 3. The second kappa shape index (κ2) is 2.69. The van der Waals surface area contributed by atoms with E-state index in [9.17, 15) is 5.11 Å². The minimum absolute atomic E-state index is 0.281. The first-order valence-electron chi connectivity index (χ1n) is 5.24. The van der Waals surface area contributed by atoms with Crippen LogP contribution in [0.25, 0.3) is 0 Å². The van der Waals surface area contributed by atoms with Gasteiger partial charge in [-0.05, 0) is 24.7 Å². The van der Waals surface area contributed by atoms with E-state index in [4.69, 9.17) is 9.47 Å². The van der Waals surface area contributed by atoms with Gasteiger partial charge in [-0.15, -0.1) is 0 Å². The summed E-state index contributed by atoms with van der Waals surface area (Å²) in [5.74, 6) is 1.27. The zero-order valence-electron chi connectivity index (χ0n) is 7.74. The maximum Gasteiger partial charge on any atom is 0.171 e. The second-order valence-corrected chi connectivity index (χ2v) is 4.50. The molecule has 0 aromatic rings. The van der Waals surface area contributed by atoms with Gasteiger partial charge in [0.25, 0.3) is 0 Å². The molecule has 1 N–H and O–H groups in total. The Kier molecular flexibility index (Phi) is 1.70. The predicted octanol–water partition coefficient (Wildman–Crippen LogP) is 0.768. The van der Waals surface area contributed by atoms with E-state index in [-0.39, 0.29) is 5.79 Å². The molecule has 3 nitrogen and oxygen atoms in total. The van der Waals surface area contributed by atoms with Crippen molar-refractivity contribution in [2.75, 3.05) is 19.8 Å². The minimum Gasteiger partial charge on any atom is -0.396 e. The van der Waals surface area contributed by atoms with E-state index in [1.165, 1.54) is 12.8 Å². The van der Waals surface area contributed by atoms with Crippen LogP contribution in [0.1, 0.15) is 19.3 Å². The summed E-state index contributed by atoms with van der Waals surface area (Å²) in [7, 11) is 0. The predicted molar refractivity (Wildman–Crippen MR) is 46.0 cm³/mol. The summed E-state index contributed by atoms with van der Waals surface area (Å²) >= 11 is 0. The molecule has 3 aliphatic rings. The molecule has 2 saturated carbocycles. The summed E-state index contributed by atoms with van der Waals surface area (Å²) in [6.45, 7) is 1.78. The van der Waals surface area contributed by atoms with Crippen molar-refractivity contribution in [3.63, 3.8) is 0 Å². The van der Waals surface area contributed by atoms with Crippen molar-refractivity contribution in [2.45, 2.75) is 25.0 Å². The molecular weight excluding hydrogens is 168 g/mol. The fraction of sp³-hybridized carbons (Fsp3) is 1.00. The topological polar surface area (TPSA) is 38.7 Å². The minimum atomic E-state index is -0.281. The molecule has 1 heterocycles. The highest BCUT2D eigenvalue weighted by molar-refractivity contribution is 5.03. The molecule has 3 rings (SSSR count). The lowest BCUT2D eigenvalue weighted by atomic mass is 9.93. The zero-order chi connectivity index (χ0) is 8.89. The van der Waals surface area contributed by atoms with Gasteiger partial charge in [0.05, 0.1) is 13.2 Å². The van der Waals surface area contributed by atoms with Crippen molar-refractivity contribution in [3.8, 4) is 0 Å². The van der Waals surface area contributed by atoms with Gasteiger partial charge < -0.3 is 14.6 Å². The largest absolute Gasteiger partial charge is 0.396 e. The summed E-state index contributed by atoms with van der Waals surface area (Å²) in [5, 5.41) is 9.28. The molecule has 0 amide bonds. The van der Waals surface area contributed by atoms with E-state index in [1.807, 2.05) is 0 Å². The first-order chi connectivity index (χ1) is 6.36. The van der Waals surface area contributed by atoms with Crippen LogP contribution in [0.3, 0.4) is 0 Å². The van der Waals surface area contributed by atoms with Crippen LogP contribution in [-0.2, 0) is 9.47 Å². The molecule has 1 spiro atoms. The Labute approximate surface area is 78.0 Å². The van der Waals surface area contributed by atoms with Crippen molar-refractivity contribution >= 4 is 0 Å². The molecule has 2 aliphatic carbocycles. The van der Waals surface area contributed by atoms with Crippen LogP contribution in [0.2, 0.25) is 0 Å². The Hall–Kier alpha value is -0.120. The molecule has 74 valence electrons. The normalized spacial score (nSPS) is 46.4. The Balaban J connectivity index is 1.87. The number of hydrogen-bond donors (Lipinski definition) is 1. The Morgan fingerprint density at radius 2 is 2.00 bits per heavy atom. The third-order valence-electron chi connectivity index (χ3n) is 4.07. The van der Waals surface area contributed by atoms with Crippen LogP contribution in [-0.4, -0.2) is 30.7 Å². The van der Waals surface area contributed by atoms with Gasteiger partial charge in [-0.25, -0.2) is 0 Å². The van der Waals surface area contributed by atoms with Crippen molar-refractivity contribution in [1.29, 1.82) is 0 Å². The van der Waals surface area contributed by atoms with Crippen LogP contribution < -0.4 is 0 Å². The number of aliphatic hydroxyl groups is 1. The van der Waals surface area contributed by atoms with E-state index in [2.05, 4.69) is 0 Å². The fourth-order valence-corrected chi connectivity index (χ4v) is 3.55. The van der Waals surface area contributed by atoms with Gasteiger partial charge in [-0.3, -0.25) is 0 Å². The lowest BCUT2D eigenvalue weighted by molar-refractivity contribution is -0.194. The van der Waals surface area contributed by atoms with Gasteiger partial charge in [0.1, 0.15) is 0 Å². The molecule has 0 aromatic carbocycles. The molecule has 3 atom stereocenters. The maximum absolute atomic E-state index is 9.28. The summed E-state index contributed by atoms with van der Waals surface area (Å²) in [6.07, 6.45) is 3.45. The fourth-order valence-electron chi connectivity index (χ4n) is 3.55. The van der Waals surface area contributed by atoms with E-state index in [0.29, 0.717) is 24.4 Å². The molecule has 2 bridgehead atoms. The first kappa shape index (κ1) is 8.21. The van der Waals surface area contributed by atoms with Crippen molar-refractivity contribution in [1.82, 2.24) is 0 Å². The smallest absolute Gasteiger partial charge is 0.171 e. The summed E-state index contributed by atoms with van der Waals surface area (Å²) < 4.78 is 11.5.